The average molecular weight is 131 g/mol. The summed E-state index contributed by atoms with van der Waals surface area (Å²) in [5, 5.41) is 2.48. The topological polar surface area (TPSA) is 29.1 Å². The summed E-state index contributed by atoms with van der Waals surface area (Å²) in [7, 11) is 0. The lowest BCUT2D eigenvalue weighted by molar-refractivity contribution is -0.117. The molecule has 1 N–H and O–H groups in total. The molecule has 0 bridgehead atoms. The number of hydrogen-bond donors (Lipinski definition) is 1. The second kappa shape index (κ2) is 3.55. The van der Waals surface area contributed by atoms with E-state index in [1.807, 2.05) is 6.92 Å². The Hall–Kier alpha value is -0.440. The molecule has 2 nitrogen and oxygen atoms in total. The van der Waals surface area contributed by atoms with Crippen LogP contribution in [0.15, 0.2) is 0 Å². The third kappa shape index (κ3) is 3.74. The summed E-state index contributed by atoms with van der Waals surface area (Å²) in [6.45, 7) is 3.35. The Balaban J connectivity index is 3.40. The molecule has 8 heavy (non-hydrogen) atoms. The molecule has 0 rings (SSSR count). The molecule has 0 heterocycles. The Morgan fingerprint density at radius 3 is 2.38 bits per heavy atom. The van der Waals surface area contributed by atoms with Crippen LogP contribution in [0.2, 0.25) is 0 Å². The van der Waals surface area contributed by atoms with Crippen molar-refractivity contribution in [2.45, 2.75) is 20.3 Å². The molecule has 0 aromatic heterocycles. The van der Waals surface area contributed by atoms with Crippen molar-refractivity contribution in [2.24, 2.45) is 0 Å². The smallest absolute Gasteiger partial charge is 0.221 e. The van der Waals surface area contributed by atoms with Gasteiger partial charge in [-0.3, -0.25) is 4.79 Å². The highest BCUT2D eigenvalue weighted by atomic mass is 32.1. The van der Waals surface area contributed by atoms with Crippen molar-refractivity contribution in [3.63, 3.8) is 0 Å². The first-order valence-corrected chi connectivity index (χ1v) is 2.88. The van der Waals surface area contributed by atoms with Gasteiger partial charge in [-0.1, -0.05) is 19.1 Å². The molecule has 46 valence electrons. The van der Waals surface area contributed by atoms with Crippen molar-refractivity contribution in [1.29, 1.82) is 0 Å². The second-order valence-electron chi connectivity index (χ2n) is 1.46. The zero-order valence-corrected chi connectivity index (χ0v) is 5.84. The van der Waals surface area contributed by atoms with Crippen LogP contribution in [0.1, 0.15) is 20.3 Å². The van der Waals surface area contributed by atoms with Crippen molar-refractivity contribution in [3.8, 4) is 0 Å². The number of carbonyl (C=O) groups excluding carboxylic acids is 1. The van der Waals surface area contributed by atoms with E-state index in [-0.39, 0.29) is 5.91 Å². The predicted octanol–water partition coefficient (Wildman–Crippen LogP) is 0.860. The van der Waals surface area contributed by atoms with Gasteiger partial charge in [0.25, 0.3) is 0 Å². The van der Waals surface area contributed by atoms with Crippen LogP contribution >= 0.6 is 12.2 Å². The summed E-state index contributed by atoms with van der Waals surface area (Å²) in [5.74, 6) is -0.0862. The largest absolute Gasteiger partial charge is 0.321 e. The fourth-order valence-electron chi connectivity index (χ4n) is 0.285. The molecule has 1 amide bonds. The quantitative estimate of drug-likeness (QED) is 0.535. The minimum absolute atomic E-state index is 0.0862. The molecule has 0 fully saturated rings. The van der Waals surface area contributed by atoms with E-state index in [1.54, 1.807) is 0 Å². The van der Waals surface area contributed by atoms with Gasteiger partial charge in [0, 0.05) is 6.92 Å². The van der Waals surface area contributed by atoms with E-state index in [2.05, 4.69) is 5.32 Å². The molecule has 0 aliphatic heterocycles. The molecule has 0 radical (unpaired) electrons. The Bertz CT molecular complexity index is 111. The lowest BCUT2D eigenvalue weighted by Gasteiger charge is -1.96. The third-order valence-corrected chi connectivity index (χ3v) is 1.03. The molecule has 0 spiro atoms. The van der Waals surface area contributed by atoms with Gasteiger partial charge >= 0.3 is 0 Å². The zero-order valence-electron chi connectivity index (χ0n) is 5.02. The molecular weight excluding hydrogens is 122 g/mol. The number of rotatable bonds is 1. The summed E-state index contributed by atoms with van der Waals surface area (Å²) in [6, 6.07) is 0. The monoisotopic (exact) mass is 131 g/mol. The van der Waals surface area contributed by atoms with Crippen LogP contribution in [0, 0.1) is 0 Å². The van der Waals surface area contributed by atoms with Crippen molar-refractivity contribution in [1.82, 2.24) is 5.32 Å². The van der Waals surface area contributed by atoms with E-state index < -0.39 is 0 Å². The first-order valence-electron chi connectivity index (χ1n) is 2.47. The highest BCUT2D eigenvalue weighted by Gasteiger charge is 1.91. The van der Waals surface area contributed by atoms with Gasteiger partial charge in [-0.15, -0.1) is 0 Å². The molecule has 0 aliphatic carbocycles. The predicted molar refractivity (Wildman–Crippen MR) is 36.7 cm³/mol. The summed E-state index contributed by atoms with van der Waals surface area (Å²) in [6.07, 6.45) is 0.731. The summed E-state index contributed by atoms with van der Waals surface area (Å²) in [5.41, 5.74) is 0. The highest BCUT2D eigenvalue weighted by Crippen LogP contribution is 1.77. The van der Waals surface area contributed by atoms with Crippen molar-refractivity contribution in [2.75, 3.05) is 0 Å². The van der Waals surface area contributed by atoms with Crippen molar-refractivity contribution < 1.29 is 4.79 Å². The zero-order chi connectivity index (χ0) is 6.57. The van der Waals surface area contributed by atoms with E-state index in [0.717, 1.165) is 6.42 Å². The summed E-state index contributed by atoms with van der Waals surface area (Å²) in [4.78, 5) is 10.8. The molecule has 0 aromatic carbocycles. The van der Waals surface area contributed by atoms with Crippen LogP contribution in [0.25, 0.3) is 0 Å². The van der Waals surface area contributed by atoms with Crippen molar-refractivity contribution in [3.05, 3.63) is 0 Å². The maximum atomic E-state index is 10.2. The molecule has 0 saturated carbocycles. The van der Waals surface area contributed by atoms with Gasteiger partial charge in [0.15, 0.2) is 0 Å². The molecule has 3 heteroatoms. The maximum absolute atomic E-state index is 10.2. The Labute approximate surface area is 54.3 Å². The summed E-state index contributed by atoms with van der Waals surface area (Å²) < 4.78 is 0. The van der Waals surface area contributed by atoms with Gasteiger partial charge in [0.05, 0.1) is 4.99 Å². The van der Waals surface area contributed by atoms with Crippen LogP contribution in [0.4, 0.5) is 0 Å². The molecule has 0 aliphatic rings. The number of nitrogens with one attached hydrogen (secondary N) is 1. The van der Waals surface area contributed by atoms with Gasteiger partial charge in [-0.25, -0.2) is 0 Å². The molecular formula is C5H9NOS. The van der Waals surface area contributed by atoms with E-state index in [4.69, 9.17) is 12.2 Å². The van der Waals surface area contributed by atoms with Crippen molar-refractivity contribution >= 4 is 23.1 Å². The highest BCUT2D eigenvalue weighted by molar-refractivity contribution is 7.80. The van der Waals surface area contributed by atoms with E-state index >= 15 is 0 Å². The van der Waals surface area contributed by atoms with Crippen LogP contribution in [0.3, 0.4) is 0 Å². The Morgan fingerprint density at radius 1 is 1.75 bits per heavy atom. The van der Waals surface area contributed by atoms with Crippen LogP contribution < -0.4 is 5.32 Å². The molecule has 0 saturated heterocycles. The molecule has 0 unspecified atom stereocenters. The molecule has 0 atom stereocenters. The SMILES string of the molecule is CCC(=S)NC(C)=O. The Kier molecular flexibility index (Phi) is 3.35. The van der Waals surface area contributed by atoms with E-state index in [1.165, 1.54) is 6.92 Å². The lowest BCUT2D eigenvalue weighted by Crippen LogP contribution is -2.25. The standard InChI is InChI=1S/C5H9NOS/c1-3-5(8)6-4(2)7/h3H2,1-2H3,(H,6,7,8). The van der Waals surface area contributed by atoms with E-state index in [9.17, 15) is 4.79 Å². The van der Waals surface area contributed by atoms with Crippen LogP contribution in [0.5, 0.6) is 0 Å². The minimum Gasteiger partial charge on any atom is -0.321 e. The number of amides is 1. The summed E-state index contributed by atoms with van der Waals surface area (Å²) >= 11 is 4.70. The number of carbonyl (C=O) groups is 1. The fraction of sp³-hybridized carbons (Fsp3) is 0.600. The minimum atomic E-state index is -0.0862. The number of hydrogen-bond acceptors (Lipinski definition) is 2. The maximum Gasteiger partial charge on any atom is 0.221 e. The Morgan fingerprint density at radius 2 is 2.25 bits per heavy atom. The first kappa shape index (κ1) is 7.56. The lowest BCUT2D eigenvalue weighted by atomic mass is 10.5. The van der Waals surface area contributed by atoms with Gasteiger partial charge < -0.3 is 5.32 Å². The fourth-order valence-corrected chi connectivity index (χ4v) is 0.428. The average Bonchev–Trinajstić information content (AvgIpc) is 1.65. The van der Waals surface area contributed by atoms with Gasteiger partial charge in [0.1, 0.15) is 0 Å². The number of thiocarbonyl (C=S) groups is 1. The van der Waals surface area contributed by atoms with Gasteiger partial charge in [-0.05, 0) is 6.42 Å². The van der Waals surface area contributed by atoms with E-state index in [0.29, 0.717) is 4.99 Å². The third-order valence-electron chi connectivity index (χ3n) is 0.637. The van der Waals surface area contributed by atoms with Crippen LogP contribution in [-0.4, -0.2) is 10.9 Å². The van der Waals surface area contributed by atoms with Gasteiger partial charge in [0.2, 0.25) is 5.91 Å². The van der Waals surface area contributed by atoms with Crippen LogP contribution in [-0.2, 0) is 4.79 Å². The molecule has 0 aromatic rings. The first-order chi connectivity index (χ1) is 3.66. The normalized spacial score (nSPS) is 8.25. The van der Waals surface area contributed by atoms with Gasteiger partial charge in [-0.2, -0.15) is 0 Å². The second-order valence-corrected chi connectivity index (χ2v) is 1.95.